The Labute approximate surface area is 172 Å². The number of nitriles is 1. The third-order valence-corrected chi connectivity index (χ3v) is 5.42. The van der Waals surface area contributed by atoms with Gasteiger partial charge in [0.1, 0.15) is 5.69 Å². The van der Waals surface area contributed by atoms with Crippen LogP contribution in [0.15, 0.2) is 24.3 Å². The number of fused-ring (bicyclic) bond motifs is 1. The van der Waals surface area contributed by atoms with Gasteiger partial charge in [-0.15, -0.1) is 0 Å². The molecule has 6 heteroatoms. The molecule has 0 radical (unpaired) electrons. The second-order valence-corrected chi connectivity index (χ2v) is 7.90. The molecule has 1 saturated heterocycles. The predicted molar refractivity (Wildman–Crippen MR) is 114 cm³/mol. The van der Waals surface area contributed by atoms with E-state index in [2.05, 4.69) is 24.8 Å². The summed E-state index contributed by atoms with van der Waals surface area (Å²) in [6.45, 7) is 6.40. The van der Waals surface area contributed by atoms with Crippen LogP contribution in [0.3, 0.4) is 0 Å². The molecule has 0 N–H and O–H groups in total. The Kier molecular flexibility index (Phi) is 7.40. The summed E-state index contributed by atoms with van der Waals surface area (Å²) < 4.78 is 5.42. The Morgan fingerprint density at radius 3 is 2.72 bits per heavy atom. The number of carbonyl (C=O) groups excluding carboxylic acids is 1. The normalized spacial score (nSPS) is 17.7. The third kappa shape index (κ3) is 5.23. The smallest absolute Gasteiger partial charge is 0.329 e. The zero-order valence-electron chi connectivity index (χ0n) is 17.4. The van der Waals surface area contributed by atoms with Crippen LogP contribution in [0.25, 0.3) is 11.0 Å². The number of nitrogens with zero attached hydrogens (tertiary/aromatic N) is 4. The molecule has 0 unspecified atom stereocenters. The average molecular weight is 395 g/mol. The third-order valence-electron chi connectivity index (χ3n) is 5.42. The number of rotatable bonds is 8. The molecule has 0 saturated carbocycles. The average Bonchev–Trinajstić information content (AvgIpc) is 2.73. The number of hydrogen-bond donors (Lipinski definition) is 0. The summed E-state index contributed by atoms with van der Waals surface area (Å²) in [5, 5.41) is 9.80. The first kappa shape index (κ1) is 21.0. The first-order valence-corrected chi connectivity index (χ1v) is 10.7. The van der Waals surface area contributed by atoms with Crippen molar-refractivity contribution in [2.45, 2.75) is 58.3 Å². The number of benzene rings is 1. The first-order chi connectivity index (χ1) is 14.1. The van der Waals surface area contributed by atoms with E-state index in [-0.39, 0.29) is 0 Å². The van der Waals surface area contributed by atoms with Crippen molar-refractivity contribution in [3.05, 3.63) is 30.0 Å². The highest BCUT2D eigenvalue weighted by Gasteiger charge is 2.31. The van der Waals surface area contributed by atoms with Gasteiger partial charge in [0, 0.05) is 13.1 Å². The molecule has 0 spiro atoms. The molecular weight excluding hydrogens is 364 g/mol. The molecule has 154 valence electrons. The lowest BCUT2D eigenvalue weighted by atomic mass is 9.99. The molecule has 3 rings (SSSR count). The maximum atomic E-state index is 12.7. The molecule has 2 aromatic rings. The van der Waals surface area contributed by atoms with Gasteiger partial charge in [0.15, 0.2) is 11.7 Å². The van der Waals surface area contributed by atoms with Crippen molar-refractivity contribution >= 4 is 22.8 Å². The van der Waals surface area contributed by atoms with Gasteiger partial charge in [-0.25, -0.2) is 9.97 Å². The first-order valence-electron chi connectivity index (χ1n) is 10.7. The highest BCUT2D eigenvalue weighted by Crippen LogP contribution is 2.30. The minimum Gasteiger partial charge on any atom is -0.464 e. The summed E-state index contributed by atoms with van der Waals surface area (Å²) in [6.07, 6.45) is 6.32. The fraction of sp³-hybridized carbons (Fsp3) is 0.565. The van der Waals surface area contributed by atoms with Crippen molar-refractivity contribution in [1.29, 1.82) is 5.26 Å². The number of para-hydroxylation sites is 2. The van der Waals surface area contributed by atoms with Gasteiger partial charge in [-0.05, 0) is 37.3 Å². The van der Waals surface area contributed by atoms with E-state index in [1.807, 2.05) is 24.3 Å². The van der Waals surface area contributed by atoms with E-state index in [9.17, 15) is 10.1 Å². The lowest BCUT2D eigenvalue weighted by Gasteiger charge is -2.33. The SMILES string of the molecule is CCCCCCOC(=O)[C@@H](C#N)c1nc2ccccc2nc1N1CCC[C@@H](C)C1. The van der Waals surface area contributed by atoms with Gasteiger partial charge in [0.25, 0.3) is 0 Å². The van der Waals surface area contributed by atoms with Crippen LogP contribution in [0.4, 0.5) is 5.82 Å². The topological polar surface area (TPSA) is 79.1 Å². The van der Waals surface area contributed by atoms with Gasteiger partial charge in [-0.3, -0.25) is 4.79 Å². The molecule has 1 aliphatic rings. The van der Waals surface area contributed by atoms with Gasteiger partial charge in [-0.1, -0.05) is 45.2 Å². The number of anilines is 1. The van der Waals surface area contributed by atoms with Crippen LogP contribution < -0.4 is 4.90 Å². The zero-order valence-corrected chi connectivity index (χ0v) is 17.4. The Morgan fingerprint density at radius 2 is 2.03 bits per heavy atom. The van der Waals surface area contributed by atoms with E-state index in [4.69, 9.17) is 14.7 Å². The molecule has 1 aliphatic heterocycles. The number of aromatic nitrogens is 2. The van der Waals surface area contributed by atoms with Gasteiger partial charge < -0.3 is 9.64 Å². The minimum atomic E-state index is -1.06. The van der Waals surface area contributed by atoms with E-state index in [0.717, 1.165) is 50.7 Å². The van der Waals surface area contributed by atoms with Crippen molar-refractivity contribution in [2.75, 3.05) is 24.6 Å². The maximum absolute atomic E-state index is 12.7. The molecule has 1 aromatic carbocycles. The molecule has 0 bridgehead atoms. The van der Waals surface area contributed by atoms with Gasteiger partial charge >= 0.3 is 5.97 Å². The molecule has 29 heavy (non-hydrogen) atoms. The fourth-order valence-corrected chi connectivity index (χ4v) is 3.82. The largest absolute Gasteiger partial charge is 0.464 e. The Morgan fingerprint density at radius 1 is 1.28 bits per heavy atom. The molecule has 2 heterocycles. The van der Waals surface area contributed by atoms with Crippen molar-refractivity contribution < 1.29 is 9.53 Å². The van der Waals surface area contributed by atoms with E-state index < -0.39 is 11.9 Å². The van der Waals surface area contributed by atoms with E-state index in [0.29, 0.717) is 29.6 Å². The summed E-state index contributed by atoms with van der Waals surface area (Å²) in [7, 11) is 0. The van der Waals surface area contributed by atoms with Crippen molar-refractivity contribution in [3.8, 4) is 6.07 Å². The number of carbonyl (C=O) groups is 1. The number of unbranched alkanes of at least 4 members (excludes halogenated alkanes) is 3. The molecule has 0 amide bonds. The fourth-order valence-electron chi connectivity index (χ4n) is 3.82. The molecule has 0 aliphatic carbocycles. The molecule has 2 atom stereocenters. The molecular formula is C23H30N4O2. The van der Waals surface area contributed by atoms with E-state index in [1.165, 1.54) is 6.42 Å². The summed E-state index contributed by atoms with van der Waals surface area (Å²) in [5.41, 5.74) is 1.88. The maximum Gasteiger partial charge on any atom is 0.329 e. The lowest BCUT2D eigenvalue weighted by Crippen LogP contribution is -2.36. The van der Waals surface area contributed by atoms with Crippen molar-refractivity contribution in [3.63, 3.8) is 0 Å². The molecule has 1 aromatic heterocycles. The highest BCUT2D eigenvalue weighted by atomic mass is 16.5. The van der Waals surface area contributed by atoms with Crippen LogP contribution in [0, 0.1) is 17.2 Å². The zero-order chi connectivity index (χ0) is 20.6. The molecule has 1 fully saturated rings. The molecule has 6 nitrogen and oxygen atoms in total. The second kappa shape index (κ2) is 10.2. The van der Waals surface area contributed by atoms with Crippen LogP contribution >= 0.6 is 0 Å². The van der Waals surface area contributed by atoms with Crippen molar-refractivity contribution in [2.24, 2.45) is 5.92 Å². The minimum absolute atomic E-state index is 0.341. The van der Waals surface area contributed by atoms with E-state index in [1.54, 1.807) is 0 Å². The monoisotopic (exact) mass is 394 g/mol. The Bertz CT molecular complexity index is 877. The van der Waals surface area contributed by atoms with Crippen LogP contribution in [0.1, 0.15) is 64.0 Å². The highest BCUT2D eigenvalue weighted by molar-refractivity contribution is 5.85. The summed E-state index contributed by atoms with van der Waals surface area (Å²) >= 11 is 0. The number of hydrogen-bond acceptors (Lipinski definition) is 6. The Hall–Kier alpha value is -2.68. The number of piperidine rings is 1. The summed E-state index contributed by atoms with van der Waals surface area (Å²) in [5.74, 6) is -0.411. The van der Waals surface area contributed by atoms with Gasteiger partial charge in [0.05, 0.1) is 23.7 Å². The predicted octanol–water partition coefficient (Wildman–Crippen LogP) is 4.60. The van der Waals surface area contributed by atoms with Crippen LogP contribution in [-0.2, 0) is 9.53 Å². The number of ether oxygens (including phenoxy) is 1. The Balaban J connectivity index is 1.89. The van der Waals surface area contributed by atoms with Gasteiger partial charge in [-0.2, -0.15) is 5.26 Å². The summed E-state index contributed by atoms with van der Waals surface area (Å²) in [4.78, 5) is 24.4. The summed E-state index contributed by atoms with van der Waals surface area (Å²) in [6, 6.07) is 9.70. The van der Waals surface area contributed by atoms with E-state index >= 15 is 0 Å². The quantitative estimate of drug-likeness (QED) is 0.481. The second-order valence-electron chi connectivity index (χ2n) is 7.90. The van der Waals surface area contributed by atoms with Crippen molar-refractivity contribution in [1.82, 2.24) is 9.97 Å². The standard InChI is InChI=1S/C23H30N4O2/c1-3-4-5-8-14-29-23(28)18(15-24)21-22(27-13-9-10-17(2)16-27)26-20-12-7-6-11-19(20)25-21/h6-7,11-12,17-18H,3-5,8-10,13-14,16H2,1-2H3/t17-,18+/m1/s1. The van der Waals surface area contributed by atoms with Crippen LogP contribution in [0.5, 0.6) is 0 Å². The lowest BCUT2D eigenvalue weighted by molar-refractivity contribution is -0.144. The van der Waals surface area contributed by atoms with Gasteiger partial charge in [0.2, 0.25) is 0 Å². The number of esters is 1. The van der Waals surface area contributed by atoms with Crippen LogP contribution in [-0.4, -0.2) is 35.6 Å². The van der Waals surface area contributed by atoms with Crippen LogP contribution in [0.2, 0.25) is 0 Å².